The van der Waals surface area contributed by atoms with E-state index in [2.05, 4.69) is 10.6 Å². The van der Waals surface area contributed by atoms with E-state index in [1.165, 1.54) is 19.3 Å². The van der Waals surface area contributed by atoms with Crippen molar-refractivity contribution in [2.45, 2.75) is 45.4 Å². The third-order valence-electron chi connectivity index (χ3n) is 6.47. The Morgan fingerprint density at radius 2 is 1.72 bits per heavy atom. The van der Waals surface area contributed by atoms with Crippen molar-refractivity contribution < 1.29 is 9.59 Å². The topological polar surface area (TPSA) is 58.2 Å². The van der Waals surface area contributed by atoms with E-state index in [-0.39, 0.29) is 23.8 Å². The summed E-state index contributed by atoms with van der Waals surface area (Å²) in [5.74, 6) is 2.05. The van der Waals surface area contributed by atoms with Crippen molar-refractivity contribution in [2.75, 3.05) is 11.9 Å². The molecule has 0 heterocycles. The van der Waals surface area contributed by atoms with Crippen molar-refractivity contribution in [3.63, 3.8) is 0 Å². The lowest BCUT2D eigenvalue weighted by Gasteiger charge is -2.55. The standard InChI is InChI=1S/C20H25ClN2O2/c1-12-16(21)3-2-4-17(12)23-18(24)11-22-19(25)20-8-13-5-14(9-20)7-15(6-13)10-20/h2-4,13-15H,5-11H2,1H3,(H,22,25)(H,23,24). The number of rotatable bonds is 4. The molecule has 0 aromatic heterocycles. The van der Waals surface area contributed by atoms with E-state index in [0.717, 1.165) is 42.6 Å². The minimum atomic E-state index is -0.207. The zero-order valence-electron chi connectivity index (χ0n) is 14.6. The molecule has 0 radical (unpaired) electrons. The van der Waals surface area contributed by atoms with Gasteiger partial charge in [0.15, 0.2) is 0 Å². The molecule has 2 N–H and O–H groups in total. The highest BCUT2D eigenvalue weighted by Gasteiger charge is 2.54. The fourth-order valence-electron chi connectivity index (χ4n) is 5.67. The maximum Gasteiger partial charge on any atom is 0.243 e. The van der Waals surface area contributed by atoms with Gasteiger partial charge in [0.05, 0.1) is 6.54 Å². The summed E-state index contributed by atoms with van der Waals surface area (Å²) in [6.07, 6.45) is 6.96. The van der Waals surface area contributed by atoms with Crippen molar-refractivity contribution in [1.82, 2.24) is 5.32 Å². The number of benzene rings is 1. The molecule has 4 saturated carbocycles. The second kappa shape index (κ2) is 6.31. The maximum atomic E-state index is 12.9. The van der Waals surface area contributed by atoms with Gasteiger partial charge in [0, 0.05) is 16.1 Å². The van der Waals surface area contributed by atoms with E-state index >= 15 is 0 Å². The van der Waals surface area contributed by atoms with Gasteiger partial charge in [0.2, 0.25) is 11.8 Å². The number of hydrogen-bond acceptors (Lipinski definition) is 2. The third kappa shape index (κ3) is 3.17. The summed E-state index contributed by atoms with van der Waals surface area (Å²) >= 11 is 6.08. The maximum absolute atomic E-state index is 12.9. The first kappa shape index (κ1) is 16.9. The van der Waals surface area contributed by atoms with Gasteiger partial charge in [-0.2, -0.15) is 0 Å². The van der Waals surface area contributed by atoms with Gasteiger partial charge in [-0.3, -0.25) is 9.59 Å². The number of amides is 2. The van der Waals surface area contributed by atoms with Crippen LogP contribution < -0.4 is 10.6 Å². The minimum Gasteiger partial charge on any atom is -0.347 e. The smallest absolute Gasteiger partial charge is 0.243 e. The van der Waals surface area contributed by atoms with Gasteiger partial charge in [-0.1, -0.05) is 17.7 Å². The lowest BCUT2D eigenvalue weighted by atomic mass is 9.49. The molecule has 5 heteroatoms. The summed E-state index contributed by atoms with van der Waals surface area (Å²) in [5.41, 5.74) is 1.33. The third-order valence-corrected chi connectivity index (χ3v) is 6.88. The zero-order chi connectivity index (χ0) is 17.6. The molecule has 134 valence electrons. The van der Waals surface area contributed by atoms with Crippen molar-refractivity contribution in [3.05, 3.63) is 28.8 Å². The Bertz CT molecular complexity index is 680. The predicted molar refractivity (Wildman–Crippen MR) is 98.4 cm³/mol. The summed E-state index contributed by atoms with van der Waals surface area (Å²) in [7, 11) is 0. The normalized spacial score (nSPS) is 32.5. The molecule has 0 atom stereocenters. The molecular weight excluding hydrogens is 336 g/mol. The van der Waals surface area contributed by atoms with Crippen LogP contribution in [0.1, 0.15) is 44.1 Å². The SMILES string of the molecule is Cc1c(Cl)cccc1NC(=O)CNC(=O)C12CC3CC(CC(C3)C1)C2. The van der Waals surface area contributed by atoms with E-state index in [4.69, 9.17) is 11.6 Å². The first-order chi connectivity index (χ1) is 11.9. The van der Waals surface area contributed by atoms with Crippen molar-refractivity contribution in [3.8, 4) is 0 Å². The number of halogens is 1. The van der Waals surface area contributed by atoms with Crippen LogP contribution in [0.4, 0.5) is 5.69 Å². The number of carbonyl (C=O) groups is 2. The summed E-state index contributed by atoms with van der Waals surface area (Å²) in [6, 6.07) is 5.42. The Kier molecular flexibility index (Phi) is 4.27. The van der Waals surface area contributed by atoms with Crippen LogP contribution in [0.2, 0.25) is 5.02 Å². The highest BCUT2D eigenvalue weighted by Crippen LogP contribution is 2.60. The highest BCUT2D eigenvalue weighted by molar-refractivity contribution is 6.31. The first-order valence-corrected chi connectivity index (χ1v) is 9.66. The Labute approximate surface area is 153 Å². The zero-order valence-corrected chi connectivity index (χ0v) is 15.4. The van der Waals surface area contributed by atoms with E-state index in [0.29, 0.717) is 10.7 Å². The summed E-state index contributed by atoms with van der Waals surface area (Å²) in [6.45, 7) is 1.89. The summed E-state index contributed by atoms with van der Waals surface area (Å²) in [4.78, 5) is 25.1. The van der Waals surface area contributed by atoms with Crippen LogP contribution in [0.15, 0.2) is 18.2 Å². The molecule has 0 spiro atoms. The molecular formula is C20H25ClN2O2. The van der Waals surface area contributed by atoms with Crippen molar-refractivity contribution in [2.24, 2.45) is 23.2 Å². The molecule has 25 heavy (non-hydrogen) atoms. The van der Waals surface area contributed by atoms with Gasteiger partial charge in [-0.15, -0.1) is 0 Å². The molecule has 0 aliphatic heterocycles. The van der Waals surface area contributed by atoms with E-state index in [1.54, 1.807) is 12.1 Å². The molecule has 1 aromatic rings. The molecule has 4 fully saturated rings. The van der Waals surface area contributed by atoms with Gasteiger partial charge in [-0.25, -0.2) is 0 Å². The average molecular weight is 361 g/mol. The molecule has 4 aliphatic carbocycles. The van der Waals surface area contributed by atoms with Crippen LogP contribution in [0, 0.1) is 30.1 Å². The van der Waals surface area contributed by atoms with Crippen molar-refractivity contribution in [1.29, 1.82) is 0 Å². The van der Waals surface area contributed by atoms with E-state index in [1.807, 2.05) is 13.0 Å². The van der Waals surface area contributed by atoms with Gasteiger partial charge in [0.25, 0.3) is 0 Å². The fourth-order valence-corrected chi connectivity index (χ4v) is 5.85. The first-order valence-electron chi connectivity index (χ1n) is 9.28. The Morgan fingerprint density at radius 3 is 2.32 bits per heavy atom. The lowest BCUT2D eigenvalue weighted by molar-refractivity contribution is -0.146. The quantitative estimate of drug-likeness (QED) is 0.855. The van der Waals surface area contributed by atoms with Crippen LogP contribution in [-0.4, -0.2) is 18.4 Å². The molecule has 1 aromatic carbocycles. The average Bonchev–Trinajstić information content (AvgIpc) is 2.55. The predicted octanol–water partition coefficient (Wildman–Crippen LogP) is 3.92. The largest absolute Gasteiger partial charge is 0.347 e. The van der Waals surface area contributed by atoms with Crippen LogP contribution in [0.5, 0.6) is 0 Å². The Hall–Kier alpha value is -1.55. The lowest BCUT2D eigenvalue weighted by Crippen LogP contribution is -2.54. The van der Waals surface area contributed by atoms with Gasteiger partial charge >= 0.3 is 0 Å². The van der Waals surface area contributed by atoms with Crippen LogP contribution >= 0.6 is 11.6 Å². The van der Waals surface area contributed by atoms with E-state index < -0.39 is 0 Å². The molecule has 0 saturated heterocycles. The summed E-state index contributed by atoms with van der Waals surface area (Å²) in [5, 5.41) is 6.37. The molecule has 4 aliphatic rings. The van der Waals surface area contributed by atoms with Gasteiger partial charge in [-0.05, 0) is 80.9 Å². The number of nitrogens with one attached hydrogen (secondary N) is 2. The molecule has 5 rings (SSSR count). The molecule has 0 unspecified atom stereocenters. The minimum absolute atomic E-state index is 0.0204. The van der Waals surface area contributed by atoms with Crippen LogP contribution in [0.3, 0.4) is 0 Å². The number of carbonyl (C=O) groups excluding carboxylic acids is 2. The van der Waals surface area contributed by atoms with Crippen molar-refractivity contribution >= 4 is 29.1 Å². The van der Waals surface area contributed by atoms with E-state index in [9.17, 15) is 9.59 Å². The van der Waals surface area contributed by atoms with Gasteiger partial charge in [0.1, 0.15) is 0 Å². The Morgan fingerprint density at radius 1 is 1.12 bits per heavy atom. The second-order valence-electron chi connectivity index (χ2n) is 8.34. The molecule has 2 amide bonds. The monoisotopic (exact) mass is 360 g/mol. The van der Waals surface area contributed by atoms with Crippen LogP contribution in [0.25, 0.3) is 0 Å². The molecule has 4 bridgehead atoms. The Balaban J connectivity index is 1.36. The molecule has 4 nitrogen and oxygen atoms in total. The second-order valence-corrected chi connectivity index (χ2v) is 8.75. The number of hydrogen-bond donors (Lipinski definition) is 2. The number of anilines is 1. The highest BCUT2D eigenvalue weighted by atomic mass is 35.5. The fraction of sp³-hybridized carbons (Fsp3) is 0.600. The summed E-state index contributed by atoms with van der Waals surface area (Å²) < 4.78 is 0. The van der Waals surface area contributed by atoms with Crippen LogP contribution in [-0.2, 0) is 9.59 Å². The van der Waals surface area contributed by atoms with Gasteiger partial charge < -0.3 is 10.6 Å².